The molecule has 140 valence electrons. The SMILES string of the molecule is Cc1cccc(-c2sc(NC(=O)c3c(F)cccc3F)nc2CN(C)C)c1. The Balaban J connectivity index is 1.96. The molecular weight excluding hydrogens is 368 g/mol. The monoisotopic (exact) mass is 387 g/mol. The summed E-state index contributed by atoms with van der Waals surface area (Å²) in [5.74, 6) is -2.67. The van der Waals surface area contributed by atoms with Gasteiger partial charge in [0.1, 0.15) is 17.2 Å². The Labute approximate surface area is 160 Å². The summed E-state index contributed by atoms with van der Waals surface area (Å²) in [5.41, 5.74) is 2.27. The molecule has 0 saturated heterocycles. The summed E-state index contributed by atoms with van der Waals surface area (Å²) in [4.78, 5) is 19.7. The fourth-order valence-electron chi connectivity index (χ4n) is 2.70. The van der Waals surface area contributed by atoms with Crippen LogP contribution < -0.4 is 5.32 Å². The van der Waals surface area contributed by atoms with E-state index in [1.54, 1.807) is 0 Å². The molecule has 0 spiro atoms. The highest BCUT2D eigenvalue weighted by molar-refractivity contribution is 7.19. The number of amides is 1. The molecule has 3 rings (SSSR count). The molecular formula is C20H19F2N3OS. The van der Waals surface area contributed by atoms with E-state index in [0.29, 0.717) is 11.7 Å². The number of benzene rings is 2. The first-order valence-corrected chi connectivity index (χ1v) is 9.13. The number of nitrogens with one attached hydrogen (secondary N) is 1. The zero-order chi connectivity index (χ0) is 19.6. The van der Waals surface area contributed by atoms with E-state index in [1.807, 2.05) is 50.2 Å². The molecule has 1 N–H and O–H groups in total. The number of halogens is 2. The normalized spacial score (nSPS) is 11.0. The zero-order valence-electron chi connectivity index (χ0n) is 15.2. The van der Waals surface area contributed by atoms with Crippen LogP contribution in [-0.4, -0.2) is 29.9 Å². The Kier molecular flexibility index (Phi) is 5.62. The van der Waals surface area contributed by atoms with E-state index in [0.717, 1.165) is 33.8 Å². The standard InChI is InChI=1S/C20H19F2N3OS/c1-12-6-4-7-13(10-12)18-16(11-25(2)3)23-20(27-18)24-19(26)17-14(21)8-5-9-15(17)22/h4-10H,11H2,1-3H3,(H,23,24,26). The van der Waals surface area contributed by atoms with E-state index in [4.69, 9.17) is 0 Å². The van der Waals surface area contributed by atoms with E-state index >= 15 is 0 Å². The smallest absolute Gasteiger partial charge is 0.263 e. The average Bonchev–Trinajstić information content (AvgIpc) is 2.96. The molecule has 0 atom stereocenters. The van der Waals surface area contributed by atoms with Gasteiger partial charge in [0.25, 0.3) is 5.91 Å². The quantitative estimate of drug-likeness (QED) is 0.690. The molecule has 4 nitrogen and oxygen atoms in total. The second-order valence-electron chi connectivity index (χ2n) is 6.45. The topological polar surface area (TPSA) is 45.2 Å². The first kappa shape index (κ1) is 19.1. The molecule has 0 aliphatic carbocycles. The number of nitrogens with zero attached hydrogens (tertiary/aromatic N) is 2. The number of aromatic nitrogens is 1. The van der Waals surface area contributed by atoms with Crippen LogP contribution >= 0.6 is 11.3 Å². The molecule has 0 radical (unpaired) electrons. The summed E-state index contributed by atoms with van der Waals surface area (Å²) < 4.78 is 27.7. The lowest BCUT2D eigenvalue weighted by Crippen LogP contribution is -2.16. The van der Waals surface area contributed by atoms with Gasteiger partial charge in [-0.15, -0.1) is 0 Å². The summed E-state index contributed by atoms with van der Waals surface area (Å²) in [6, 6.07) is 11.3. The lowest BCUT2D eigenvalue weighted by Gasteiger charge is -2.09. The highest BCUT2D eigenvalue weighted by atomic mass is 32.1. The van der Waals surface area contributed by atoms with Gasteiger partial charge in [0.2, 0.25) is 0 Å². The Hall–Kier alpha value is -2.64. The van der Waals surface area contributed by atoms with Crippen LogP contribution in [0.25, 0.3) is 10.4 Å². The van der Waals surface area contributed by atoms with Crippen molar-refractivity contribution in [3.05, 3.63) is 70.9 Å². The van der Waals surface area contributed by atoms with Gasteiger partial charge in [-0.25, -0.2) is 13.8 Å². The average molecular weight is 387 g/mol. The van der Waals surface area contributed by atoms with Crippen LogP contribution in [0.5, 0.6) is 0 Å². The molecule has 2 aromatic carbocycles. The van der Waals surface area contributed by atoms with Gasteiger partial charge in [0.05, 0.1) is 10.6 Å². The first-order valence-electron chi connectivity index (χ1n) is 8.32. The minimum atomic E-state index is -0.906. The predicted octanol–water partition coefficient (Wildman–Crippen LogP) is 4.71. The zero-order valence-corrected chi connectivity index (χ0v) is 16.0. The van der Waals surface area contributed by atoms with Crippen molar-refractivity contribution in [1.29, 1.82) is 0 Å². The van der Waals surface area contributed by atoms with Crippen molar-refractivity contribution in [2.45, 2.75) is 13.5 Å². The molecule has 3 aromatic rings. The molecule has 1 heterocycles. The van der Waals surface area contributed by atoms with Crippen molar-refractivity contribution in [2.24, 2.45) is 0 Å². The Bertz CT molecular complexity index is 965. The Morgan fingerprint density at radius 1 is 1.15 bits per heavy atom. The highest BCUT2D eigenvalue weighted by Gasteiger charge is 2.20. The number of carbonyl (C=O) groups is 1. The number of hydrogen-bond donors (Lipinski definition) is 1. The van der Waals surface area contributed by atoms with Crippen molar-refractivity contribution < 1.29 is 13.6 Å². The van der Waals surface area contributed by atoms with Crippen molar-refractivity contribution in [1.82, 2.24) is 9.88 Å². The van der Waals surface area contributed by atoms with Crippen LogP contribution in [0.2, 0.25) is 0 Å². The van der Waals surface area contributed by atoms with E-state index in [-0.39, 0.29) is 0 Å². The first-order chi connectivity index (χ1) is 12.8. The number of rotatable bonds is 5. The lowest BCUT2D eigenvalue weighted by atomic mass is 10.1. The van der Waals surface area contributed by atoms with Gasteiger partial charge < -0.3 is 4.90 Å². The van der Waals surface area contributed by atoms with Crippen molar-refractivity contribution in [3.63, 3.8) is 0 Å². The molecule has 0 aliphatic heterocycles. The summed E-state index contributed by atoms with van der Waals surface area (Å²) in [7, 11) is 3.85. The van der Waals surface area contributed by atoms with Gasteiger partial charge in [0.15, 0.2) is 5.13 Å². The van der Waals surface area contributed by atoms with E-state index in [1.165, 1.54) is 17.4 Å². The third-order valence-electron chi connectivity index (χ3n) is 3.85. The van der Waals surface area contributed by atoms with E-state index in [9.17, 15) is 13.6 Å². The van der Waals surface area contributed by atoms with Crippen LogP contribution in [0, 0.1) is 18.6 Å². The molecule has 0 bridgehead atoms. The second kappa shape index (κ2) is 7.94. The minimum absolute atomic E-state index is 0.302. The van der Waals surface area contributed by atoms with Crippen LogP contribution in [-0.2, 0) is 6.54 Å². The minimum Gasteiger partial charge on any atom is -0.304 e. The maximum Gasteiger partial charge on any atom is 0.263 e. The van der Waals surface area contributed by atoms with Crippen LogP contribution in [0.4, 0.5) is 13.9 Å². The number of hydrogen-bond acceptors (Lipinski definition) is 4. The maximum atomic E-state index is 13.8. The summed E-state index contributed by atoms with van der Waals surface area (Å²) in [5, 5.41) is 2.83. The van der Waals surface area contributed by atoms with Crippen LogP contribution in [0.15, 0.2) is 42.5 Å². The van der Waals surface area contributed by atoms with E-state index in [2.05, 4.69) is 10.3 Å². The largest absolute Gasteiger partial charge is 0.304 e. The predicted molar refractivity (Wildman–Crippen MR) is 104 cm³/mol. The molecule has 0 fully saturated rings. The molecule has 0 saturated carbocycles. The molecule has 1 aromatic heterocycles. The van der Waals surface area contributed by atoms with Crippen LogP contribution in [0.3, 0.4) is 0 Å². The van der Waals surface area contributed by atoms with Gasteiger partial charge in [-0.2, -0.15) is 0 Å². The lowest BCUT2D eigenvalue weighted by molar-refractivity contribution is 0.101. The third-order valence-corrected chi connectivity index (χ3v) is 4.92. The molecule has 0 unspecified atom stereocenters. The molecule has 7 heteroatoms. The number of thiazole rings is 1. The highest BCUT2D eigenvalue weighted by Crippen LogP contribution is 2.34. The Morgan fingerprint density at radius 3 is 2.44 bits per heavy atom. The number of aryl methyl sites for hydroxylation is 1. The van der Waals surface area contributed by atoms with Crippen LogP contribution in [0.1, 0.15) is 21.6 Å². The Morgan fingerprint density at radius 2 is 1.81 bits per heavy atom. The fourth-order valence-corrected chi connectivity index (χ4v) is 3.66. The second-order valence-corrected chi connectivity index (χ2v) is 7.45. The summed E-state index contributed by atoms with van der Waals surface area (Å²) >= 11 is 1.28. The summed E-state index contributed by atoms with van der Waals surface area (Å²) in [6.45, 7) is 2.57. The molecule has 1 amide bonds. The number of carbonyl (C=O) groups excluding carboxylic acids is 1. The van der Waals surface area contributed by atoms with Gasteiger partial charge in [0, 0.05) is 6.54 Å². The van der Waals surface area contributed by atoms with Crippen molar-refractivity contribution in [3.8, 4) is 10.4 Å². The molecule has 27 heavy (non-hydrogen) atoms. The maximum absolute atomic E-state index is 13.8. The fraction of sp³-hybridized carbons (Fsp3) is 0.200. The molecule has 0 aliphatic rings. The van der Waals surface area contributed by atoms with Crippen molar-refractivity contribution in [2.75, 3.05) is 19.4 Å². The number of anilines is 1. The van der Waals surface area contributed by atoms with E-state index < -0.39 is 23.1 Å². The third kappa shape index (κ3) is 4.37. The van der Waals surface area contributed by atoms with Gasteiger partial charge in [-0.1, -0.05) is 47.2 Å². The van der Waals surface area contributed by atoms with Gasteiger partial charge >= 0.3 is 0 Å². The van der Waals surface area contributed by atoms with Gasteiger partial charge in [-0.05, 0) is 38.7 Å². The summed E-state index contributed by atoms with van der Waals surface area (Å²) in [6.07, 6.45) is 0. The van der Waals surface area contributed by atoms with Gasteiger partial charge in [-0.3, -0.25) is 10.1 Å². The van der Waals surface area contributed by atoms with Crippen molar-refractivity contribution >= 4 is 22.4 Å².